The number of hydrogen-bond donors (Lipinski definition) is 1. The molecule has 0 aliphatic carbocycles. The molecule has 1 heterocycles. The van der Waals surface area contributed by atoms with Gasteiger partial charge in [0, 0.05) is 29.0 Å². The maximum atomic E-state index is 12.8. The van der Waals surface area contributed by atoms with Gasteiger partial charge in [-0.25, -0.2) is 9.37 Å². The molecule has 0 aliphatic heterocycles. The maximum absolute atomic E-state index is 12.8. The van der Waals surface area contributed by atoms with Crippen molar-refractivity contribution >= 4 is 17.6 Å². The number of thioether (sulfide) groups is 1. The highest BCUT2D eigenvalue weighted by molar-refractivity contribution is 7.98. The molecule has 0 fully saturated rings. The Morgan fingerprint density at radius 3 is 2.74 bits per heavy atom. The molecule has 2 aromatic rings. The smallest absolute Gasteiger partial charge is 0.129 e. The molecule has 1 N–H and O–H groups in total. The van der Waals surface area contributed by atoms with Crippen LogP contribution in [0.15, 0.2) is 47.5 Å². The van der Waals surface area contributed by atoms with Crippen LogP contribution in [-0.4, -0.2) is 11.5 Å². The van der Waals surface area contributed by atoms with E-state index in [1.54, 1.807) is 30.1 Å². The van der Waals surface area contributed by atoms with E-state index in [-0.39, 0.29) is 5.82 Å². The van der Waals surface area contributed by atoms with Gasteiger partial charge in [0.25, 0.3) is 0 Å². The lowest BCUT2D eigenvalue weighted by atomic mass is 10.3. The number of rotatable bonds is 6. The third-order valence-corrected chi connectivity index (χ3v) is 3.70. The van der Waals surface area contributed by atoms with Crippen LogP contribution in [-0.2, 0) is 5.75 Å². The lowest BCUT2D eigenvalue weighted by Gasteiger charge is -2.09. The number of anilines is 1. The van der Waals surface area contributed by atoms with Gasteiger partial charge in [0.1, 0.15) is 11.6 Å². The van der Waals surface area contributed by atoms with Gasteiger partial charge in [-0.05, 0) is 36.8 Å². The zero-order chi connectivity index (χ0) is 13.5. The predicted molar refractivity (Wildman–Crippen MR) is 79.0 cm³/mol. The van der Waals surface area contributed by atoms with Gasteiger partial charge in [-0.2, -0.15) is 0 Å². The molecule has 0 aliphatic rings. The summed E-state index contributed by atoms with van der Waals surface area (Å²) in [5.41, 5.74) is 1.17. The first-order valence-electron chi connectivity index (χ1n) is 6.35. The monoisotopic (exact) mass is 276 g/mol. The summed E-state index contributed by atoms with van der Waals surface area (Å²) < 4.78 is 12.8. The molecule has 0 unspecified atom stereocenters. The molecule has 19 heavy (non-hydrogen) atoms. The molecule has 0 radical (unpaired) electrons. The third-order valence-electron chi connectivity index (χ3n) is 2.64. The van der Waals surface area contributed by atoms with E-state index in [0.29, 0.717) is 0 Å². The molecular formula is C15H17FN2S. The minimum Gasteiger partial charge on any atom is -0.370 e. The Kier molecular flexibility index (Phi) is 5.21. The summed E-state index contributed by atoms with van der Waals surface area (Å²) in [6, 6.07) is 10.6. The molecule has 1 aromatic heterocycles. The fraction of sp³-hybridized carbons (Fsp3) is 0.267. The van der Waals surface area contributed by atoms with E-state index < -0.39 is 0 Å². The van der Waals surface area contributed by atoms with Crippen molar-refractivity contribution in [1.29, 1.82) is 0 Å². The molecule has 1 aromatic carbocycles. The van der Waals surface area contributed by atoms with Gasteiger partial charge >= 0.3 is 0 Å². The van der Waals surface area contributed by atoms with Crippen LogP contribution in [0.25, 0.3) is 0 Å². The Labute approximate surface area is 117 Å². The second-order valence-corrected chi connectivity index (χ2v) is 5.23. The number of nitrogens with zero attached hydrogens (tertiary/aromatic N) is 1. The molecule has 0 atom stereocenters. The van der Waals surface area contributed by atoms with E-state index in [1.807, 2.05) is 6.07 Å². The summed E-state index contributed by atoms with van der Waals surface area (Å²) in [5.74, 6) is 1.57. The van der Waals surface area contributed by atoms with Crippen LogP contribution < -0.4 is 5.32 Å². The van der Waals surface area contributed by atoms with Gasteiger partial charge in [-0.15, -0.1) is 11.8 Å². The quantitative estimate of drug-likeness (QED) is 0.795. The van der Waals surface area contributed by atoms with Crippen molar-refractivity contribution in [3.05, 3.63) is 54.0 Å². The van der Waals surface area contributed by atoms with Gasteiger partial charge < -0.3 is 5.32 Å². The van der Waals surface area contributed by atoms with Crippen LogP contribution in [0, 0.1) is 5.82 Å². The molecule has 0 saturated heterocycles. The molecule has 2 nitrogen and oxygen atoms in total. The standard InChI is InChI=1S/C15H17FN2S/c1-2-9-17-15-12(4-3-10-18-15)11-19-14-7-5-13(16)6-8-14/h3-8,10H,2,9,11H2,1H3,(H,17,18). The van der Waals surface area contributed by atoms with Crippen molar-refractivity contribution < 1.29 is 4.39 Å². The number of halogens is 1. The summed E-state index contributed by atoms with van der Waals surface area (Å²) >= 11 is 1.68. The van der Waals surface area contributed by atoms with Crippen molar-refractivity contribution in [2.24, 2.45) is 0 Å². The normalized spacial score (nSPS) is 10.4. The van der Waals surface area contributed by atoms with E-state index in [2.05, 4.69) is 23.3 Å². The number of nitrogens with one attached hydrogen (secondary N) is 1. The molecule has 4 heteroatoms. The largest absolute Gasteiger partial charge is 0.370 e. The Bertz CT molecular complexity index is 514. The van der Waals surface area contributed by atoms with Gasteiger partial charge in [-0.1, -0.05) is 13.0 Å². The molecule has 0 saturated carbocycles. The van der Waals surface area contributed by atoms with Gasteiger partial charge in [0.05, 0.1) is 0 Å². The fourth-order valence-electron chi connectivity index (χ4n) is 1.65. The molecule has 2 rings (SSSR count). The van der Waals surface area contributed by atoms with E-state index in [4.69, 9.17) is 0 Å². The van der Waals surface area contributed by atoms with Crippen LogP contribution >= 0.6 is 11.8 Å². The Morgan fingerprint density at radius 1 is 1.21 bits per heavy atom. The first-order valence-corrected chi connectivity index (χ1v) is 7.34. The van der Waals surface area contributed by atoms with Crippen molar-refractivity contribution in [1.82, 2.24) is 4.98 Å². The van der Waals surface area contributed by atoms with Crippen molar-refractivity contribution in [2.75, 3.05) is 11.9 Å². The summed E-state index contributed by atoms with van der Waals surface area (Å²) in [6.07, 6.45) is 2.87. The van der Waals surface area contributed by atoms with Crippen LogP contribution in [0.4, 0.5) is 10.2 Å². The fourth-order valence-corrected chi connectivity index (χ4v) is 2.53. The van der Waals surface area contributed by atoms with Gasteiger partial charge in [0.15, 0.2) is 0 Å². The van der Waals surface area contributed by atoms with Crippen LogP contribution in [0.2, 0.25) is 0 Å². The second kappa shape index (κ2) is 7.14. The average molecular weight is 276 g/mol. The number of aromatic nitrogens is 1. The zero-order valence-electron chi connectivity index (χ0n) is 10.9. The molecule has 100 valence electrons. The molecule has 0 spiro atoms. The summed E-state index contributed by atoms with van der Waals surface area (Å²) in [5, 5.41) is 3.32. The van der Waals surface area contributed by atoms with E-state index >= 15 is 0 Å². The summed E-state index contributed by atoms with van der Waals surface area (Å²) in [4.78, 5) is 5.42. The van der Waals surface area contributed by atoms with E-state index in [1.165, 1.54) is 17.7 Å². The SMILES string of the molecule is CCCNc1ncccc1CSc1ccc(F)cc1. The number of pyridine rings is 1. The van der Waals surface area contributed by atoms with Crippen molar-refractivity contribution in [2.45, 2.75) is 24.0 Å². The second-order valence-electron chi connectivity index (χ2n) is 4.18. The van der Waals surface area contributed by atoms with E-state index in [9.17, 15) is 4.39 Å². The number of hydrogen-bond acceptors (Lipinski definition) is 3. The summed E-state index contributed by atoms with van der Waals surface area (Å²) in [7, 11) is 0. The lowest BCUT2D eigenvalue weighted by molar-refractivity contribution is 0.626. The van der Waals surface area contributed by atoms with Crippen molar-refractivity contribution in [3.63, 3.8) is 0 Å². The Morgan fingerprint density at radius 2 is 2.00 bits per heavy atom. The minimum atomic E-state index is -0.198. The van der Waals surface area contributed by atoms with Crippen LogP contribution in [0.5, 0.6) is 0 Å². The van der Waals surface area contributed by atoms with Crippen LogP contribution in [0.3, 0.4) is 0 Å². The number of benzene rings is 1. The van der Waals surface area contributed by atoms with Gasteiger partial charge in [0.2, 0.25) is 0 Å². The zero-order valence-corrected chi connectivity index (χ0v) is 11.7. The first-order chi connectivity index (χ1) is 9.29. The van der Waals surface area contributed by atoms with Gasteiger partial charge in [-0.3, -0.25) is 0 Å². The molecular weight excluding hydrogens is 259 g/mol. The highest BCUT2D eigenvalue weighted by Crippen LogP contribution is 2.25. The third kappa shape index (κ3) is 4.24. The van der Waals surface area contributed by atoms with Crippen molar-refractivity contribution in [3.8, 4) is 0 Å². The topological polar surface area (TPSA) is 24.9 Å². The lowest BCUT2D eigenvalue weighted by Crippen LogP contribution is -2.04. The molecule has 0 bridgehead atoms. The average Bonchev–Trinajstić information content (AvgIpc) is 2.45. The minimum absolute atomic E-state index is 0.198. The first kappa shape index (κ1) is 13.9. The predicted octanol–water partition coefficient (Wildman–Crippen LogP) is 4.33. The van der Waals surface area contributed by atoms with Crippen LogP contribution in [0.1, 0.15) is 18.9 Å². The molecule has 0 amide bonds. The Hall–Kier alpha value is -1.55. The highest BCUT2D eigenvalue weighted by Gasteiger charge is 2.03. The summed E-state index contributed by atoms with van der Waals surface area (Å²) in [6.45, 7) is 3.05. The highest BCUT2D eigenvalue weighted by atomic mass is 32.2. The van der Waals surface area contributed by atoms with E-state index in [0.717, 1.165) is 29.4 Å². The Balaban J connectivity index is 2.00. The maximum Gasteiger partial charge on any atom is 0.129 e.